The molecular weight excluding hydrogens is 433 g/mol. The van der Waals surface area contributed by atoms with Crippen molar-refractivity contribution in [1.29, 1.82) is 0 Å². The van der Waals surface area contributed by atoms with Gasteiger partial charge >= 0.3 is 6.18 Å². The Balaban J connectivity index is 1.41. The van der Waals surface area contributed by atoms with Gasteiger partial charge in [-0.15, -0.1) is 0 Å². The molecule has 0 radical (unpaired) electrons. The van der Waals surface area contributed by atoms with Gasteiger partial charge < -0.3 is 20.0 Å². The van der Waals surface area contributed by atoms with E-state index in [0.29, 0.717) is 34.3 Å². The monoisotopic (exact) mass is 458 g/mol. The number of nitrogens with one attached hydrogen (secondary N) is 2. The highest BCUT2D eigenvalue weighted by Gasteiger charge is 2.30. The first kappa shape index (κ1) is 22.8. The van der Waals surface area contributed by atoms with Crippen LogP contribution in [0.4, 0.5) is 24.9 Å². The highest BCUT2D eigenvalue weighted by Crippen LogP contribution is 2.30. The number of amides is 1. The summed E-state index contributed by atoms with van der Waals surface area (Å²) in [6.45, 7) is 4.15. The van der Waals surface area contributed by atoms with Crippen LogP contribution in [0, 0.1) is 5.92 Å². The average molecular weight is 458 g/mol. The van der Waals surface area contributed by atoms with E-state index in [-0.39, 0.29) is 6.04 Å². The lowest BCUT2D eigenvalue weighted by Crippen LogP contribution is -2.36. The molecule has 3 aromatic rings. The smallest absolute Gasteiger partial charge is 0.416 e. The van der Waals surface area contributed by atoms with E-state index in [0.717, 1.165) is 31.6 Å². The number of halogens is 3. The number of carbonyl (C=O) groups is 1. The molecule has 1 amide bonds. The zero-order valence-electron chi connectivity index (χ0n) is 18.3. The van der Waals surface area contributed by atoms with Crippen LogP contribution in [0.25, 0.3) is 17.2 Å². The van der Waals surface area contributed by atoms with Crippen LogP contribution in [0.3, 0.4) is 0 Å². The summed E-state index contributed by atoms with van der Waals surface area (Å²) in [6, 6.07) is 10.6. The van der Waals surface area contributed by atoms with Crippen molar-refractivity contribution in [2.24, 2.45) is 5.92 Å². The minimum atomic E-state index is -4.39. The number of rotatable bonds is 6. The summed E-state index contributed by atoms with van der Waals surface area (Å²) in [6.07, 6.45) is -0.551. The topological polar surface area (TPSA) is 70.4 Å². The van der Waals surface area contributed by atoms with Gasteiger partial charge in [-0.3, -0.25) is 4.79 Å². The SMILES string of the molecule is CC(C1CCNC1)N(C)c1nc2cc(NC(=O)/C=C\c3ccc(C(F)(F)F)cc3)ccc2o1. The molecule has 0 spiro atoms. The van der Waals surface area contributed by atoms with Crippen LogP contribution >= 0.6 is 0 Å². The van der Waals surface area contributed by atoms with Crippen LogP contribution in [-0.2, 0) is 11.0 Å². The second kappa shape index (κ2) is 9.27. The zero-order valence-corrected chi connectivity index (χ0v) is 18.3. The fourth-order valence-corrected chi connectivity index (χ4v) is 3.86. The number of hydrogen-bond acceptors (Lipinski definition) is 5. The predicted octanol–water partition coefficient (Wildman–Crippen LogP) is 4.93. The lowest BCUT2D eigenvalue weighted by atomic mass is 10.00. The van der Waals surface area contributed by atoms with Crippen molar-refractivity contribution < 1.29 is 22.4 Å². The number of alkyl halides is 3. The molecule has 0 aliphatic carbocycles. The van der Waals surface area contributed by atoms with E-state index in [2.05, 4.69) is 22.5 Å². The predicted molar refractivity (Wildman–Crippen MR) is 122 cm³/mol. The molecule has 4 rings (SSSR count). The summed E-state index contributed by atoms with van der Waals surface area (Å²) in [7, 11) is 1.96. The van der Waals surface area contributed by atoms with Crippen LogP contribution < -0.4 is 15.5 Å². The molecule has 1 aliphatic heterocycles. The van der Waals surface area contributed by atoms with Gasteiger partial charge in [0.2, 0.25) is 5.91 Å². The molecular formula is C24H25F3N4O2. The highest BCUT2D eigenvalue weighted by atomic mass is 19.4. The summed E-state index contributed by atoms with van der Waals surface area (Å²) < 4.78 is 43.8. The Morgan fingerprint density at radius 3 is 2.70 bits per heavy atom. The van der Waals surface area contributed by atoms with Gasteiger partial charge in [0.05, 0.1) is 5.56 Å². The molecule has 1 saturated heterocycles. The van der Waals surface area contributed by atoms with E-state index in [1.807, 2.05) is 11.9 Å². The van der Waals surface area contributed by atoms with Crippen LogP contribution in [0.5, 0.6) is 0 Å². The average Bonchev–Trinajstić information content (AvgIpc) is 3.46. The first-order valence-electron chi connectivity index (χ1n) is 10.7. The first-order chi connectivity index (χ1) is 15.7. The molecule has 1 aliphatic rings. The number of nitrogens with zero attached hydrogens (tertiary/aromatic N) is 2. The summed E-state index contributed by atoms with van der Waals surface area (Å²) in [4.78, 5) is 18.9. The third-order valence-corrected chi connectivity index (χ3v) is 6.00. The summed E-state index contributed by atoms with van der Waals surface area (Å²) >= 11 is 0. The molecule has 0 bridgehead atoms. The molecule has 2 N–H and O–H groups in total. The Hall–Kier alpha value is -3.33. The third-order valence-electron chi connectivity index (χ3n) is 6.00. The number of carbonyl (C=O) groups excluding carboxylic acids is 1. The van der Waals surface area contributed by atoms with Gasteiger partial charge in [0.25, 0.3) is 6.01 Å². The Kier molecular flexibility index (Phi) is 6.42. The Morgan fingerprint density at radius 1 is 1.27 bits per heavy atom. The highest BCUT2D eigenvalue weighted by molar-refractivity contribution is 6.02. The van der Waals surface area contributed by atoms with Crippen LogP contribution in [0.1, 0.15) is 24.5 Å². The molecule has 9 heteroatoms. The largest absolute Gasteiger partial charge is 0.423 e. The minimum Gasteiger partial charge on any atom is -0.423 e. The third kappa shape index (κ3) is 5.36. The van der Waals surface area contributed by atoms with E-state index in [1.54, 1.807) is 18.2 Å². The van der Waals surface area contributed by atoms with Crippen LogP contribution in [-0.4, -0.2) is 37.1 Å². The lowest BCUT2D eigenvalue weighted by Gasteiger charge is -2.27. The molecule has 2 aromatic carbocycles. The van der Waals surface area contributed by atoms with E-state index in [1.165, 1.54) is 24.3 Å². The minimum absolute atomic E-state index is 0.266. The maximum Gasteiger partial charge on any atom is 0.416 e. The van der Waals surface area contributed by atoms with Crippen molar-refractivity contribution in [3.05, 3.63) is 59.7 Å². The Morgan fingerprint density at radius 2 is 2.03 bits per heavy atom. The second-order valence-electron chi connectivity index (χ2n) is 8.23. The van der Waals surface area contributed by atoms with Gasteiger partial charge in [0.1, 0.15) is 5.52 Å². The van der Waals surface area contributed by atoms with Crippen molar-refractivity contribution in [3.8, 4) is 0 Å². The van der Waals surface area contributed by atoms with E-state index in [9.17, 15) is 18.0 Å². The standard InChI is InChI=1S/C24H25F3N4O2/c1-15(17-11-12-28-14-17)31(2)23-30-20-13-19(8-9-21(20)33-23)29-22(32)10-5-16-3-6-18(7-4-16)24(25,26)27/h3-10,13,15,17,28H,11-12,14H2,1-2H3,(H,29,32)/b10-5-. The Labute approximate surface area is 189 Å². The molecule has 1 aromatic heterocycles. The van der Waals surface area contributed by atoms with Gasteiger partial charge in [-0.05, 0) is 74.3 Å². The van der Waals surface area contributed by atoms with Crippen molar-refractivity contribution in [2.75, 3.05) is 30.4 Å². The van der Waals surface area contributed by atoms with Gasteiger partial charge in [0, 0.05) is 24.9 Å². The molecule has 174 valence electrons. The van der Waals surface area contributed by atoms with Crippen molar-refractivity contribution in [1.82, 2.24) is 10.3 Å². The summed E-state index contributed by atoms with van der Waals surface area (Å²) in [5.41, 5.74) is 1.54. The number of benzene rings is 2. The maximum atomic E-state index is 12.6. The number of aromatic nitrogens is 1. The van der Waals surface area contributed by atoms with Gasteiger partial charge in [-0.25, -0.2) is 0 Å². The van der Waals surface area contributed by atoms with E-state index >= 15 is 0 Å². The van der Waals surface area contributed by atoms with Crippen molar-refractivity contribution in [2.45, 2.75) is 25.6 Å². The Bertz CT molecular complexity index is 1150. The van der Waals surface area contributed by atoms with Crippen molar-refractivity contribution in [3.63, 3.8) is 0 Å². The number of hydrogen-bond donors (Lipinski definition) is 2. The molecule has 33 heavy (non-hydrogen) atoms. The van der Waals surface area contributed by atoms with Crippen molar-refractivity contribution >= 4 is 34.8 Å². The second-order valence-corrected chi connectivity index (χ2v) is 8.23. The zero-order chi connectivity index (χ0) is 23.6. The molecule has 2 heterocycles. The van der Waals surface area contributed by atoms with Gasteiger partial charge in [-0.2, -0.15) is 18.2 Å². The number of anilines is 2. The van der Waals surface area contributed by atoms with Gasteiger partial charge in [-0.1, -0.05) is 12.1 Å². The fraction of sp³-hybridized carbons (Fsp3) is 0.333. The van der Waals surface area contributed by atoms with Gasteiger partial charge in [0.15, 0.2) is 5.58 Å². The molecule has 0 saturated carbocycles. The molecule has 6 nitrogen and oxygen atoms in total. The number of oxazole rings is 1. The van der Waals surface area contributed by atoms with Crippen LogP contribution in [0.15, 0.2) is 53.0 Å². The molecule has 2 unspecified atom stereocenters. The lowest BCUT2D eigenvalue weighted by molar-refractivity contribution is -0.137. The summed E-state index contributed by atoms with van der Waals surface area (Å²) in [5, 5.41) is 6.11. The summed E-state index contributed by atoms with van der Waals surface area (Å²) in [5.74, 6) is 0.119. The molecule has 1 fully saturated rings. The first-order valence-corrected chi connectivity index (χ1v) is 10.7. The van der Waals surface area contributed by atoms with E-state index in [4.69, 9.17) is 4.42 Å². The van der Waals surface area contributed by atoms with E-state index < -0.39 is 17.6 Å². The quantitative estimate of drug-likeness (QED) is 0.513. The maximum absolute atomic E-state index is 12.6. The fourth-order valence-electron chi connectivity index (χ4n) is 3.86. The number of fused-ring (bicyclic) bond motifs is 1. The molecule has 2 atom stereocenters. The van der Waals surface area contributed by atoms with Crippen LogP contribution in [0.2, 0.25) is 0 Å². The normalized spacial score (nSPS) is 17.5.